The first-order chi connectivity index (χ1) is 4.00. The van der Waals surface area contributed by atoms with Crippen LogP contribution in [-0.2, 0) is 25.3 Å². The van der Waals surface area contributed by atoms with Crippen LogP contribution in [0.1, 0.15) is 41.5 Å². The molecule has 0 aliphatic rings. The van der Waals surface area contributed by atoms with Gasteiger partial charge in [0.25, 0.3) is 0 Å². The van der Waals surface area contributed by atoms with Gasteiger partial charge in [-0.1, -0.05) is 41.5 Å². The van der Waals surface area contributed by atoms with Gasteiger partial charge in [0.2, 0.25) is 0 Å². The normalized spacial score (nSPS) is 10.9. The van der Waals surface area contributed by atoms with Gasteiger partial charge in [0.15, 0.2) is 0 Å². The Labute approximate surface area is 113 Å². The molecule has 64 valence electrons. The van der Waals surface area contributed by atoms with E-state index in [1.54, 1.807) is 0 Å². The van der Waals surface area contributed by atoms with Crippen molar-refractivity contribution in [2.45, 2.75) is 51.0 Å². The topological polar surface area (TPSA) is 0 Å². The zero-order valence-corrected chi connectivity index (χ0v) is 12.4. The molecule has 0 radical (unpaired) electrons. The van der Waals surface area contributed by atoms with E-state index in [1.165, 1.54) is 0 Å². The van der Waals surface area contributed by atoms with Crippen LogP contribution >= 0.6 is 0 Å². The first kappa shape index (κ1) is 18.7. The largest absolute Gasteiger partial charge is 2.00 e. The van der Waals surface area contributed by atoms with Crippen molar-refractivity contribution in [2.75, 3.05) is 0 Å². The second-order valence-corrected chi connectivity index (χ2v) is 6.67. The molecule has 0 unspecified atom stereocenters. The summed E-state index contributed by atoms with van der Waals surface area (Å²) in [6.07, 6.45) is 0. The van der Waals surface area contributed by atoms with Gasteiger partial charge in [0.05, 0.1) is 0 Å². The molecule has 0 rings (SSSR count). The Bertz CT molecular complexity index is 55.1. The molecule has 11 heavy (non-hydrogen) atoms. The van der Waals surface area contributed by atoms with E-state index in [2.05, 4.69) is 0 Å². The van der Waals surface area contributed by atoms with Crippen LogP contribution in [0.4, 0.5) is 0 Å². The van der Waals surface area contributed by atoms with Crippen molar-refractivity contribution < 1.29 is 0 Å². The Balaban J connectivity index is -0.000000107. The van der Waals surface area contributed by atoms with Crippen LogP contribution in [-0.4, -0.2) is 47.2 Å². The SMILES string of the molecule is CC(C)(C)[S-].CC(C)(C)[S-].[Ca+2]. The van der Waals surface area contributed by atoms with Gasteiger partial charge < -0.3 is 25.3 Å². The Morgan fingerprint density at radius 2 is 0.636 bits per heavy atom. The molecule has 0 amide bonds. The van der Waals surface area contributed by atoms with Crippen LogP contribution in [0.2, 0.25) is 0 Å². The maximum Gasteiger partial charge on any atom is 2.00 e. The quantitative estimate of drug-likeness (QED) is 0.452. The Morgan fingerprint density at radius 3 is 0.636 bits per heavy atom. The number of hydrogen-bond donors (Lipinski definition) is 0. The van der Waals surface area contributed by atoms with Gasteiger partial charge in [-0.2, -0.15) is 9.49 Å². The van der Waals surface area contributed by atoms with Gasteiger partial charge in [0, 0.05) is 0 Å². The zero-order chi connectivity index (χ0) is 9.00. The maximum atomic E-state index is 4.83. The molecule has 0 aliphatic heterocycles. The molecule has 0 atom stereocenters. The van der Waals surface area contributed by atoms with E-state index >= 15 is 0 Å². The summed E-state index contributed by atoms with van der Waals surface area (Å²) in [5.74, 6) is 0. The fraction of sp³-hybridized carbons (Fsp3) is 1.00. The summed E-state index contributed by atoms with van der Waals surface area (Å²) >= 11 is 9.65. The first-order valence-corrected chi connectivity index (χ1v) is 4.22. The van der Waals surface area contributed by atoms with Gasteiger partial charge in [-0.15, -0.1) is 0 Å². The summed E-state index contributed by atoms with van der Waals surface area (Å²) in [5, 5.41) is 0. The molecule has 3 heteroatoms. The van der Waals surface area contributed by atoms with E-state index in [9.17, 15) is 0 Å². The maximum absolute atomic E-state index is 4.83. The molecule has 0 heterocycles. The molecule has 0 fully saturated rings. The van der Waals surface area contributed by atoms with Gasteiger partial charge in [0.1, 0.15) is 0 Å². The van der Waals surface area contributed by atoms with Crippen molar-refractivity contribution in [2.24, 2.45) is 0 Å². The smallest absolute Gasteiger partial charge is 0.787 e. The summed E-state index contributed by atoms with van der Waals surface area (Å²) in [6.45, 7) is 12.0. The fourth-order valence-electron chi connectivity index (χ4n) is 0. The van der Waals surface area contributed by atoms with E-state index in [0.717, 1.165) is 0 Å². The molecular weight excluding hydrogens is 200 g/mol. The summed E-state index contributed by atoms with van der Waals surface area (Å²) in [4.78, 5) is 0. The number of rotatable bonds is 0. The van der Waals surface area contributed by atoms with Crippen LogP contribution in [0.25, 0.3) is 0 Å². The average molecular weight is 218 g/mol. The summed E-state index contributed by atoms with van der Waals surface area (Å²) in [7, 11) is 0. The predicted molar refractivity (Wildman–Crippen MR) is 60.0 cm³/mol. The molecular formula is C8H18CaS2. The van der Waals surface area contributed by atoms with Gasteiger partial charge in [-0.25, -0.2) is 0 Å². The van der Waals surface area contributed by atoms with Crippen molar-refractivity contribution in [1.82, 2.24) is 0 Å². The van der Waals surface area contributed by atoms with Crippen molar-refractivity contribution in [3.63, 3.8) is 0 Å². The van der Waals surface area contributed by atoms with E-state index in [1.807, 2.05) is 41.5 Å². The third-order valence-electron chi connectivity index (χ3n) is 0. The Morgan fingerprint density at radius 1 is 0.636 bits per heavy atom. The predicted octanol–water partition coefficient (Wildman–Crippen LogP) is 2.28. The van der Waals surface area contributed by atoms with Crippen molar-refractivity contribution in [3.8, 4) is 0 Å². The molecule has 0 aromatic carbocycles. The average Bonchev–Trinajstić information content (AvgIpc) is 1.12. The Hall–Kier alpha value is 1.96. The molecule has 0 aromatic rings. The van der Waals surface area contributed by atoms with Crippen molar-refractivity contribution in [3.05, 3.63) is 0 Å². The van der Waals surface area contributed by atoms with Gasteiger partial charge in [-0.05, 0) is 0 Å². The van der Waals surface area contributed by atoms with Crippen LogP contribution in [0.15, 0.2) is 0 Å². The van der Waals surface area contributed by atoms with Gasteiger partial charge >= 0.3 is 37.7 Å². The summed E-state index contributed by atoms with van der Waals surface area (Å²) < 4.78 is 0.167. The minimum Gasteiger partial charge on any atom is -0.787 e. The van der Waals surface area contributed by atoms with Crippen molar-refractivity contribution >= 4 is 63.0 Å². The minimum atomic E-state index is 0. The molecule has 0 bridgehead atoms. The van der Waals surface area contributed by atoms with Crippen LogP contribution in [0.3, 0.4) is 0 Å². The standard InChI is InChI=1S/2C4H10S.Ca/c2*1-4(2,3)5;/h2*5H,1-3H3;/q;;+2/p-2. The van der Waals surface area contributed by atoms with E-state index in [4.69, 9.17) is 25.3 Å². The van der Waals surface area contributed by atoms with E-state index < -0.39 is 0 Å². The monoisotopic (exact) mass is 218 g/mol. The molecule has 0 aliphatic carbocycles. The first-order valence-electron chi connectivity index (χ1n) is 3.41. The minimum absolute atomic E-state index is 0. The summed E-state index contributed by atoms with van der Waals surface area (Å²) in [5.41, 5.74) is 0. The molecule has 0 saturated heterocycles. The Kier molecular flexibility index (Phi) is 12.5. The van der Waals surface area contributed by atoms with E-state index in [-0.39, 0.29) is 47.2 Å². The van der Waals surface area contributed by atoms with Crippen molar-refractivity contribution in [1.29, 1.82) is 0 Å². The zero-order valence-electron chi connectivity index (χ0n) is 8.52. The van der Waals surface area contributed by atoms with Crippen LogP contribution < -0.4 is 0 Å². The second-order valence-electron chi connectivity index (χ2n) is 4.22. The molecule has 0 N–H and O–H groups in total. The second kappa shape index (κ2) is 7.37. The molecule has 0 saturated carbocycles. The van der Waals surface area contributed by atoms with Gasteiger partial charge in [-0.3, -0.25) is 0 Å². The fourth-order valence-corrected chi connectivity index (χ4v) is 0. The third kappa shape index (κ3) is 309. The molecule has 0 aromatic heterocycles. The molecule has 0 spiro atoms. The number of hydrogen-bond acceptors (Lipinski definition) is 2. The van der Waals surface area contributed by atoms with Crippen LogP contribution in [0.5, 0.6) is 0 Å². The van der Waals surface area contributed by atoms with Crippen LogP contribution in [0, 0.1) is 0 Å². The summed E-state index contributed by atoms with van der Waals surface area (Å²) in [6, 6.07) is 0. The molecule has 0 nitrogen and oxygen atoms in total. The third-order valence-corrected chi connectivity index (χ3v) is 0. The van der Waals surface area contributed by atoms with E-state index in [0.29, 0.717) is 0 Å².